The standard InChI is InChI=1S/C16H26N2O4S/c1-4-5-10-22-14-6-8-15(9-7-14)23(20,21)18(11-13(2)3)12-16(17)19/h6-9,13H,4-5,10-12H2,1-3H3,(H2,17,19). The van der Waals surface area contributed by atoms with Gasteiger partial charge < -0.3 is 10.5 Å². The van der Waals surface area contributed by atoms with Crippen molar-refractivity contribution in [1.29, 1.82) is 0 Å². The minimum atomic E-state index is -3.76. The van der Waals surface area contributed by atoms with Gasteiger partial charge in [0.25, 0.3) is 0 Å². The average molecular weight is 342 g/mol. The van der Waals surface area contributed by atoms with Gasteiger partial charge in [-0.15, -0.1) is 0 Å². The Balaban J connectivity index is 2.93. The summed E-state index contributed by atoms with van der Waals surface area (Å²) >= 11 is 0. The quantitative estimate of drug-likeness (QED) is 0.659. The van der Waals surface area contributed by atoms with Gasteiger partial charge in [-0.1, -0.05) is 27.2 Å². The van der Waals surface area contributed by atoms with Gasteiger partial charge >= 0.3 is 0 Å². The lowest BCUT2D eigenvalue weighted by Crippen LogP contribution is -2.40. The van der Waals surface area contributed by atoms with Crippen molar-refractivity contribution < 1.29 is 17.9 Å². The van der Waals surface area contributed by atoms with E-state index in [4.69, 9.17) is 10.5 Å². The van der Waals surface area contributed by atoms with E-state index < -0.39 is 15.9 Å². The minimum Gasteiger partial charge on any atom is -0.494 e. The predicted molar refractivity (Wildman–Crippen MR) is 89.6 cm³/mol. The maximum absolute atomic E-state index is 12.7. The van der Waals surface area contributed by atoms with Crippen LogP contribution in [0.25, 0.3) is 0 Å². The summed E-state index contributed by atoms with van der Waals surface area (Å²) in [4.78, 5) is 11.3. The molecule has 1 rings (SSSR count). The minimum absolute atomic E-state index is 0.0841. The van der Waals surface area contributed by atoms with Crippen LogP contribution in [0.15, 0.2) is 29.2 Å². The number of unbranched alkanes of at least 4 members (excludes halogenated alkanes) is 1. The summed E-state index contributed by atoms with van der Waals surface area (Å²) in [6.07, 6.45) is 1.98. The van der Waals surface area contributed by atoms with Gasteiger partial charge in [-0.3, -0.25) is 4.79 Å². The Kier molecular flexibility index (Phi) is 7.51. The van der Waals surface area contributed by atoms with E-state index in [2.05, 4.69) is 6.92 Å². The van der Waals surface area contributed by atoms with Gasteiger partial charge in [-0.2, -0.15) is 4.31 Å². The molecule has 0 fully saturated rings. The van der Waals surface area contributed by atoms with Crippen LogP contribution in [0.2, 0.25) is 0 Å². The Hall–Kier alpha value is -1.60. The average Bonchev–Trinajstić information content (AvgIpc) is 2.46. The van der Waals surface area contributed by atoms with E-state index in [9.17, 15) is 13.2 Å². The number of nitrogens with zero attached hydrogens (tertiary/aromatic N) is 1. The van der Waals surface area contributed by atoms with Crippen LogP contribution >= 0.6 is 0 Å². The second-order valence-electron chi connectivity index (χ2n) is 5.83. The predicted octanol–water partition coefficient (Wildman–Crippen LogP) is 2.00. The molecule has 7 heteroatoms. The largest absolute Gasteiger partial charge is 0.494 e. The van der Waals surface area contributed by atoms with Gasteiger partial charge in [0, 0.05) is 6.54 Å². The molecule has 2 N–H and O–H groups in total. The summed E-state index contributed by atoms with van der Waals surface area (Å²) in [5.74, 6) is 0.0391. The third-order valence-electron chi connectivity index (χ3n) is 3.13. The zero-order valence-electron chi connectivity index (χ0n) is 14.0. The van der Waals surface area contributed by atoms with Crippen LogP contribution in [-0.4, -0.2) is 38.3 Å². The van der Waals surface area contributed by atoms with E-state index in [1.807, 2.05) is 13.8 Å². The highest BCUT2D eigenvalue weighted by molar-refractivity contribution is 7.89. The second-order valence-corrected chi connectivity index (χ2v) is 7.77. The second kappa shape index (κ2) is 8.88. The van der Waals surface area contributed by atoms with Crippen molar-refractivity contribution in [3.05, 3.63) is 24.3 Å². The number of carbonyl (C=O) groups is 1. The van der Waals surface area contributed by atoms with Gasteiger partial charge in [0.15, 0.2) is 0 Å². The summed E-state index contributed by atoms with van der Waals surface area (Å²) in [5, 5.41) is 0. The molecule has 1 aromatic carbocycles. The summed E-state index contributed by atoms with van der Waals surface area (Å²) in [7, 11) is -3.76. The molecular weight excluding hydrogens is 316 g/mol. The van der Waals surface area contributed by atoms with E-state index in [0.717, 1.165) is 17.1 Å². The maximum Gasteiger partial charge on any atom is 0.243 e. The molecule has 6 nitrogen and oxygen atoms in total. The van der Waals surface area contributed by atoms with Crippen molar-refractivity contribution in [3.63, 3.8) is 0 Å². The number of hydrogen-bond donors (Lipinski definition) is 1. The first-order valence-electron chi connectivity index (χ1n) is 7.78. The molecule has 23 heavy (non-hydrogen) atoms. The van der Waals surface area contributed by atoms with E-state index >= 15 is 0 Å². The van der Waals surface area contributed by atoms with Crippen molar-refractivity contribution >= 4 is 15.9 Å². The fourth-order valence-corrected chi connectivity index (χ4v) is 3.59. The smallest absolute Gasteiger partial charge is 0.243 e. The van der Waals surface area contributed by atoms with E-state index in [-0.39, 0.29) is 23.9 Å². The van der Waals surface area contributed by atoms with Crippen molar-refractivity contribution in [2.45, 2.75) is 38.5 Å². The Morgan fingerprint density at radius 3 is 2.35 bits per heavy atom. The lowest BCUT2D eigenvalue weighted by molar-refractivity contribution is -0.118. The normalized spacial score (nSPS) is 11.9. The van der Waals surface area contributed by atoms with Crippen LogP contribution in [0.3, 0.4) is 0 Å². The molecule has 0 saturated heterocycles. The molecule has 130 valence electrons. The molecule has 0 aliphatic carbocycles. The van der Waals surface area contributed by atoms with Crippen molar-refractivity contribution in [2.24, 2.45) is 11.7 Å². The number of nitrogens with two attached hydrogens (primary N) is 1. The zero-order chi connectivity index (χ0) is 17.5. The molecule has 0 aliphatic heterocycles. The number of rotatable bonds is 10. The summed E-state index contributed by atoms with van der Waals surface area (Å²) in [5.41, 5.74) is 5.17. The molecular formula is C16H26N2O4S. The Morgan fingerprint density at radius 2 is 1.87 bits per heavy atom. The molecule has 0 saturated carbocycles. The molecule has 0 heterocycles. The lowest BCUT2D eigenvalue weighted by atomic mass is 10.2. The molecule has 0 atom stereocenters. The van der Waals surface area contributed by atoms with Gasteiger partial charge in [0.2, 0.25) is 15.9 Å². The first kappa shape index (κ1) is 19.4. The Labute approximate surface area is 138 Å². The van der Waals surface area contributed by atoms with Crippen molar-refractivity contribution in [2.75, 3.05) is 19.7 Å². The number of carbonyl (C=O) groups excluding carboxylic acids is 1. The van der Waals surface area contributed by atoms with Gasteiger partial charge in [-0.25, -0.2) is 8.42 Å². The molecule has 1 amide bonds. The number of hydrogen-bond acceptors (Lipinski definition) is 4. The monoisotopic (exact) mass is 342 g/mol. The SMILES string of the molecule is CCCCOc1ccc(S(=O)(=O)N(CC(N)=O)CC(C)C)cc1. The Bertz CT molecular complexity index is 597. The zero-order valence-corrected chi connectivity index (χ0v) is 14.8. The first-order chi connectivity index (χ1) is 10.8. The van der Waals surface area contributed by atoms with Crippen LogP contribution in [0.1, 0.15) is 33.6 Å². The fourth-order valence-electron chi connectivity index (χ4n) is 2.02. The van der Waals surface area contributed by atoms with E-state index in [1.54, 1.807) is 12.1 Å². The topological polar surface area (TPSA) is 89.7 Å². The van der Waals surface area contributed by atoms with Crippen molar-refractivity contribution in [1.82, 2.24) is 4.31 Å². The van der Waals surface area contributed by atoms with Gasteiger partial charge in [0.05, 0.1) is 18.0 Å². The highest BCUT2D eigenvalue weighted by Crippen LogP contribution is 2.20. The molecule has 0 radical (unpaired) electrons. The van der Waals surface area contributed by atoms with Crippen LogP contribution in [0.5, 0.6) is 5.75 Å². The van der Waals surface area contributed by atoms with Crippen LogP contribution in [0, 0.1) is 5.92 Å². The maximum atomic E-state index is 12.7. The first-order valence-corrected chi connectivity index (χ1v) is 9.22. The number of primary amides is 1. The number of amides is 1. The molecule has 0 unspecified atom stereocenters. The molecule has 1 aromatic rings. The molecule has 0 aliphatic rings. The lowest BCUT2D eigenvalue weighted by Gasteiger charge is -2.22. The van der Waals surface area contributed by atoms with Crippen molar-refractivity contribution in [3.8, 4) is 5.75 Å². The molecule has 0 spiro atoms. The highest BCUT2D eigenvalue weighted by atomic mass is 32.2. The van der Waals surface area contributed by atoms with E-state index in [1.165, 1.54) is 12.1 Å². The van der Waals surface area contributed by atoms with Crippen LogP contribution in [0.4, 0.5) is 0 Å². The van der Waals surface area contributed by atoms with Crippen LogP contribution in [-0.2, 0) is 14.8 Å². The number of ether oxygens (including phenoxy) is 1. The summed E-state index contributed by atoms with van der Waals surface area (Å²) < 4.78 is 31.9. The van der Waals surface area contributed by atoms with Crippen LogP contribution < -0.4 is 10.5 Å². The third-order valence-corrected chi connectivity index (χ3v) is 4.95. The number of benzene rings is 1. The third kappa shape index (κ3) is 6.19. The summed E-state index contributed by atoms with van der Waals surface area (Å²) in [6, 6.07) is 6.23. The van der Waals surface area contributed by atoms with Gasteiger partial charge in [-0.05, 0) is 36.6 Å². The highest BCUT2D eigenvalue weighted by Gasteiger charge is 2.26. The van der Waals surface area contributed by atoms with Gasteiger partial charge in [0.1, 0.15) is 5.75 Å². The van der Waals surface area contributed by atoms with E-state index in [0.29, 0.717) is 12.4 Å². The number of sulfonamides is 1. The molecule has 0 aromatic heterocycles. The summed E-state index contributed by atoms with van der Waals surface area (Å²) in [6.45, 7) is 6.35. The fraction of sp³-hybridized carbons (Fsp3) is 0.562. The Morgan fingerprint density at radius 1 is 1.26 bits per heavy atom. The molecule has 0 bridgehead atoms.